The number of rotatable bonds is 5. The van der Waals surface area contributed by atoms with Crippen LogP contribution in [-0.2, 0) is 5.41 Å². The molecule has 0 fully saturated rings. The van der Waals surface area contributed by atoms with Gasteiger partial charge >= 0.3 is 0 Å². The summed E-state index contributed by atoms with van der Waals surface area (Å²) in [6.45, 7) is 4.73. The molecule has 0 radical (unpaired) electrons. The summed E-state index contributed by atoms with van der Waals surface area (Å²) in [7, 11) is 0. The van der Waals surface area contributed by atoms with E-state index < -0.39 is 0 Å². The molecule has 13 aromatic rings. The Kier molecular flexibility index (Phi) is 7.62. The lowest BCUT2D eigenvalue weighted by atomic mass is 9.82. The van der Waals surface area contributed by atoms with Crippen molar-refractivity contribution in [1.82, 2.24) is 4.57 Å². The molecule has 10 aromatic carbocycles. The second-order valence-electron chi connectivity index (χ2n) is 18.1. The van der Waals surface area contributed by atoms with Crippen LogP contribution in [0.15, 0.2) is 211 Å². The van der Waals surface area contributed by atoms with Crippen molar-refractivity contribution in [1.29, 1.82) is 0 Å². The first kappa shape index (κ1) is 36.6. The summed E-state index contributed by atoms with van der Waals surface area (Å²) < 4.78 is 11.3. The summed E-state index contributed by atoms with van der Waals surface area (Å²) in [5, 5.41) is 9.92. The summed E-state index contributed by atoms with van der Waals surface area (Å²) >= 11 is 1.86. The van der Waals surface area contributed by atoms with E-state index in [-0.39, 0.29) is 5.41 Å². The number of furan rings is 1. The van der Waals surface area contributed by atoms with Gasteiger partial charge in [0.15, 0.2) is 0 Å². The van der Waals surface area contributed by atoms with E-state index >= 15 is 0 Å². The molecule has 0 spiro atoms. The second kappa shape index (κ2) is 13.5. The highest BCUT2D eigenvalue weighted by Gasteiger charge is 2.36. The molecule has 3 aromatic heterocycles. The zero-order valence-electron chi connectivity index (χ0n) is 35.8. The Bertz CT molecular complexity index is 4100. The first-order valence-corrected chi connectivity index (χ1v) is 23.2. The van der Waals surface area contributed by atoms with Crippen molar-refractivity contribution in [3.05, 3.63) is 217 Å². The first-order valence-electron chi connectivity index (χ1n) is 22.4. The molecule has 0 saturated carbocycles. The Morgan fingerprint density at radius 3 is 1.95 bits per heavy atom. The summed E-state index contributed by atoms with van der Waals surface area (Å²) in [4.78, 5) is 2.33. The minimum atomic E-state index is -0.0561. The van der Waals surface area contributed by atoms with Gasteiger partial charge < -0.3 is 13.9 Å². The van der Waals surface area contributed by atoms with E-state index in [9.17, 15) is 0 Å². The van der Waals surface area contributed by atoms with Crippen molar-refractivity contribution in [3.8, 4) is 27.9 Å². The number of thiophene rings is 1. The fourth-order valence-corrected chi connectivity index (χ4v) is 12.2. The van der Waals surface area contributed by atoms with Gasteiger partial charge in [-0.05, 0) is 129 Å². The highest BCUT2D eigenvalue weighted by atomic mass is 32.1. The Labute approximate surface area is 379 Å². The maximum Gasteiger partial charge on any atom is 0.137 e. The third-order valence-electron chi connectivity index (χ3n) is 14.1. The highest BCUT2D eigenvalue weighted by Crippen LogP contribution is 2.52. The van der Waals surface area contributed by atoms with Crippen molar-refractivity contribution in [2.45, 2.75) is 19.3 Å². The van der Waals surface area contributed by atoms with E-state index in [1.807, 2.05) is 23.5 Å². The molecule has 1 aliphatic carbocycles. The molecule has 14 rings (SSSR count). The van der Waals surface area contributed by atoms with Crippen molar-refractivity contribution in [2.24, 2.45) is 0 Å². The molecule has 0 unspecified atom stereocenters. The van der Waals surface area contributed by atoms with Crippen LogP contribution in [0, 0.1) is 0 Å². The van der Waals surface area contributed by atoms with Gasteiger partial charge in [0, 0.05) is 75.9 Å². The number of aromatic nitrogens is 1. The fourth-order valence-electron chi connectivity index (χ4n) is 11.0. The van der Waals surface area contributed by atoms with E-state index in [4.69, 9.17) is 4.42 Å². The highest BCUT2D eigenvalue weighted by molar-refractivity contribution is 7.25. The topological polar surface area (TPSA) is 21.3 Å². The van der Waals surface area contributed by atoms with Gasteiger partial charge in [-0.3, -0.25) is 0 Å². The molecule has 306 valence electrons. The molecular formula is C61H40N2OS. The maximum atomic E-state index is 6.36. The number of nitrogens with zero attached hydrogens (tertiary/aromatic N) is 2. The lowest BCUT2D eigenvalue weighted by molar-refractivity contribution is 0.661. The van der Waals surface area contributed by atoms with Crippen LogP contribution in [0.2, 0.25) is 0 Å². The van der Waals surface area contributed by atoms with Crippen LogP contribution in [0.1, 0.15) is 25.0 Å². The number of fused-ring (bicyclic) bond motifs is 14. The largest absolute Gasteiger partial charge is 0.456 e. The van der Waals surface area contributed by atoms with Gasteiger partial charge in [-0.25, -0.2) is 0 Å². The Morgan fingerprint density at radius 2 is 1.09 bits per heavy atom. The third kappa shape index (κ3) is 5.35. The van der Waals surface area contributed by atoms with E-state index in [2.05, 4.69) is 217 Å². The van der Waals surface area contributed by atoms with Crippen molar-refractivity contribution in [2.75, 3.05) is 4.90 Å². The fraction of sp³-hybridized carbons (Fsp3) is 0.0492. The summed E-state index contributed by atoms with van der Waals surface area (Å²) in [6.07, 6.45) is 0. The van der Waals surface area contributed by atoms with Crippen molar-refractivity contribution < 1.29 is 4.42 Å². The summed E-state index contributed by atoms with van der Waals surface area (Å²) in [6, 6.07) is 75.8. The molecule has 0 aliphatic heterocycles. The predicted molar refractivity (Wildman–Crippen MR) is 276 cm³/mol. The van der Waals surface area contributed by atoms with Gasteiger partial charge in [-0.2, -0.15) is 0 Å². The molecular weight excluding hydrogens is 809 g/mol. The zero-order valence-corrected chi connectivity index (χ0v) is 36.7. The van der Waals surface area contributed by atoms with E-state index in [1.165, 1.54) is 91.8 Å². The minimum absolute atomic E-state index is 0.0561. The third-order valence-corrected chi connectivity index (χ3v) is 15.3. The number of hydrogen-bond donors (Lipinski definition) is 0. The quantitative estimate of drug-likeness (QED) is 0.172. The molecule has 65 heavy (non-hydrogen) atoms. The van der Waals surface area contributed by atoms with E-state index in [1.54, 1.807) is 0 Å². The van der Waals surface area contributed by atoms with Gasteiger partial charge in [-0.15, -0.1) is 11.3 Å². The molecule has 0 N–H and O–H groups in total. The SMILES string of the molecule is CC1(C)c2ccccc2-c2c1ccc1cc3c(cc21)c1cc(-c2ccc4c(c2)sc2cc(N(c5ccccc5)c5ccc6c(c5)oc5ccccc56)ccc24)ccc1n3-c1ccccc1. The predicted octanol–water partition coefficient (Wildman–Crippen LogP) is 17.6. The normalized spacial score (nSPS) is 13.2. The molecule has 0 bridgehead atoms. The van der Waals surface area contributed by atoms with Crippen molar-refractivity contribution >= 4 is 103 Å². The van der Waals surface area contributed by atoms with Gasteiger partial charge in [0.05, 0.1) is 11.0 Å². The van der Waals surface area contributed by atoms with Gasteiger partial charge in [0.2, 0.25) is 0 Å². The van der Waals surface area contributed by atoms with Gasteiger partial charge in [0.25, 0.3) is 0 Å². The summed E-state index contributed by atoms with van der Waals surface area (Å²) in [5.74, 6) is 0. The number of anilines is 3. The Balaban J connectivity index is 0.911. The minimum Gasteiger partial charge on any atom is -0.456 e. The molecule has 3 nitrogen and oxygen atoms in total. The van der Waals surface area contributed by atoms with Gasteiger partial charge in [-0.1, -0.05) is 129 Å². The lowest BCUT2D eigenvalue weighted by Gasteiger charge is -2.25. The van der Waals surface area contributed by atoms with Crippen LogP contribution < -0.4 is 4.90 Å². The molecule has 1 aliphatic rings. The Hall–Kier alpha value is -7.92. The Morgan fingerprint density at radius 1 is 0.431 bits per heavy atom. The van der Waals surface area contributed by atoms with E-state index in [0.717, 1.165) is 39.0 Å². The molecule has 0 amide bonds. The number of benzene rings is 10. The average Bonchev–Trinajstić information content (AvgIpc) is 4.07. The molecule has 0 atom stereocenters. The molecule has 0 saturated heterocycles. The van der Waals surface area contributed by atoms with Crippen molar-refractivity contribution in [3.63, 3.8) is 0 Å². The van der Waals surface area contributed by atoms with E-state index in [0.29, 0.717) is 0 Å². The monoisotopic (exact) mass is 848 g/mol. The van der Waals surface area contributed by atoms with Crippen LogP contribution in [0.25, 0.3) is 103 Å². The maximum absolute atomic E-state index is 6.36. The van der Waals surface area contributed by atoms with Gasteiger partial charge in [0.1, 0.15) is 11.2 Å². The zero-order chi connectivity index (χ0) is 43.0. The first-order chi connectivity index (χ1) is 32.0. The van der Waals surface area contributed by atoms with Crippen LogP contribution in [0.5, 0.6) is 0 Å². The number of hydrogen-bond acceptors (Lipinski definition) is 3. The summed E-state index contributed by atoms with van der Waals surface area (Å²) in [5.41, 5.74) is 16.6. The van der Waals surface area contributed by atoms with Crippen LogP contribution in [0.3, 0.4) is 0 Å². The average molecular weight is 849 g/mol. The standard InChI is InChI=1S/C61H40N2OS/c1-61(2)52-19-11-9-18-48(52)60-49-36-51-50-31-37(23-30-54(50)63(41-15-7-4-8-16-41)55(51)32-39(49)22-29-53(60)61)38-21-26-46-47-28-25-43(35-59(47)65-58(46)33-38)62(40-13-5-3-6-14-40)42-24-27-45-44-17-10-12-20-56(44)64-57(45)34-42/h3-36H,1-2H3. The van der Waals surface area contributed by atoms with Crippen LogP contribution in [0.4, 0.5) is 17.1 Å². The molecule has 3 heterocycles. The number of para-hydroxylation sites is 3. The smallest absolute Gasteiger partial charge is 0.137 e. The lowest BCUT2D eigenvalue weighted by Crippen LogP contribution is -2.14. The second-order valence-corrected chi connectivity index (χ2v) is 19.2. The molecule has 4 heteroatoms. The van der Waals surface area contributed by atoms with Crippen LogP contribution >= 0.6 is 11.3 Å². The van der Waals surface area contributed by atoms with Crippen LogP contribution in [-0.4, -0.2) is 4.57 Å².